The molecule has 0 aliphatic carbocycles. The number of aliphatic hydroxyl groups is 2. The monoisotopic (exact) mass is 372 g/mol. The van der Waals surface area contributed by atoms with Crippen LogP contribution in [-0.2, 0) is 17.1 Å². The number of amides is 1. The molecule has 5 nitrogen and oxygen atoms in total. The largest absolute Gasteiger partial charge is 0.450 e. The minimum absolute atomic E-state index is 0.188. The molecule has 0 aliphatic rings. The van der Waals surface area contributed by atoms with Gasteiger partial charge in [0.1, 0.15) is 0 Å². The van der Waals surface area contributed by atoms with Gasteiger partial charge in [-0.15, -0.1) is 11.3 Å². The number of likely N-dealkylation sites (N-methyl/N-ethyl adjacent to an activating group) is 1. The average molecular weight is 372 g/mol. The highest BCUT2D eigenvalue weighted by Crippen LogP contribution is 2.38. The maximum absolute atomic E-state index is 12.5. The standard InChI is InChI=1S/C16H15F3N2O3S/c1-21(10-11-5-3-2-4-6-11)13(22)8-7-12-9-20-14(25-12)15(23,24)16(17,18)19/h2-9,23-24H,10H2,1H3/b8-7+. The highest BCUT2D eigenvalue weighted by molar-refractivity contribution is 7.12. The molecule has 0 spiro atoms. The zero-order valence-electron chi connectivity index (χ0n) is 13.1. The second kappa shape index (κ2) is 7.34. The maximum Gasteiger partial charge on any atom is 0.450 e. The molecule has 2 aromatic rings. The lowest BCUT2D eigenvalue weighted by molar-refractivity contribution is -0.358. The van der Waals surface area contributed by atoms with Crippen molar-refractivity contribution < 1.29 is 28.2 Å². The number of aromatic nitrogens is 1. The van der Waals surface area contributed by atoms with Gasteiger partial charge in [0.05, 0.1) is 0 Å². The molecule has 9 heteroatoms. The van der Waals surface area contributed by atoms with Gasteiger partial charge in [0.15, 0.2) is 5.01 Å². The number of hydrogen-bond acceptors (Lipinski definition) is 5. The summed E-state index contributed by atoms with van der Waals surface area (Å²) in [7, 11) is 1.59. The molecule has 0 saturated heterocycles. The first-order chi connectivity index (χ1) is 11.6. The van der Waals surface area contributed by atoms with Crippen LogP contribution >= 0.6 is 11.3 Å². The third-order valence-corrected chi connectivity index (χ3v) is 4.31. The SMILES string of the molecule is CN(Cc1ccccc1)C(=O)/C=C/c1cnc(C(O)(O)C(F)(F)F)s1. The minimum atomic E-state index is -5.27. The molecule has 2 rings (SSSR count). The fourth-order valence-corrected chi connectivity index (χ4v) is 2.69. The lowest BCUT2D eigenvalue weighted by Crippen LogP contribution is -2.41. The Bertz CT molecular complexity index is 757. The van der Waals surface area contributed by atoms with Gasteiger partial charge in [-0.05, 0) is 11.6 Å². The summed E-state index contributed by atoms with van der Waals surface area (Å²) in [5, 5.41) is 17.4. The molecule has 134 valence electrons. The first kappa shape index (κ1) is 19.1. The van der Waals surface area contributed by atoms with Gasteiger partial charge in [-0.25, -0.2) is 4.98 Å². The summed E-state index contributed by atoms with van der Waals surface area (Å²) in [6.45, 7) is 0.377. The summed E-state index contributed by atoms with van der Waals surface area (Å²) in [5.74, 6) is -4.37. The number of alkyl halides is 3. The van der Waals surface area contributed by atoms with Crippen molar-refractivity contribution in [2.45, 2.75) is 18.5 Å². The Balaban J connectivity index is 2.03. The molecule has 0 fully saturated rings. The molecule has 0 radical (unpaired) electrons. The molecule has 25 heavy (non-hydrogen) atoms. The second-order valence-corrected chi connectivity index (χ2v) is 6.31. The Hall–Kier alpha value is -2.23. The van der Waals surface area contributed by atoms with Gasteiger partial charge in [0, 0.05) is 30.7 Å². The highest BCUT2D eigenvalue weighted by atomic mass is 32.1. The predicted molar refractivity (Wildman–Crippen MR) is 86.2 cm³/mol. The zero-order valence-corrected chi connectivity index (χ0v) is 13.9. The van der Waals surface area contributed by atoms with E-state index in [1.165, 1.54) is 17.1 Å². The smallest absolute Gasteiger partial charge is 0.353 e. The number of benzene rings is 1. The van der Waals surface area contributed by atoms with Crippen LogP contribution in [0.1, 0.15) is 15.4 Å². The first-order valence-corrected chi connectivity index (χ1v) is 7.88. The Morgan fingerprint density at radius 1 is 1.28 bits per heavy atom. The van der Waals surface area contributed by atoms with E-state index in [-0.39, 0.29) is 10.8 Å². The summed E-state index contributed by atoms with van der Waals surface area (Å²) < 4.78 is 37.6. The molecular formula is C16H15F3N2O3S. The molecule has 0 aliphatic heterocycles. The van der Waals surface area contributed by atoms with Crippen LogP contribution in [0.4, 0.5) is 13.2 Å². The van der Waals surface area contributed by atoms with E-state index < -0.39 is 17.0 Å². The zero-order chi connectivity index (χ0) is 18.7. The third-order valence-electron chi connectivity index (χ3n) is 3.25. The number of rotatable bonds is 5. The van der Waals surface area contributed by atoms with Gasteiger partial charge in [-0.2, -0.15) is 13.2 Å². The van der Waals surface area contributed by atoms with Crippen molar-refractivity contribution in [2.75, 3.05) is 7.05 Å². The summed E-state index contributed by atoms with van der Waals surface area (Å²) in [6, 6.07) is 9.28. The van der Waals surface area contributed by atoms with Crippen LogP contribution in [0.25, 0.3) is 6.08 Å². The van der Waals surface area contributed by atoms with Crippen molar-refractivity contribution in [3.63, 3.8) is 0 Å². The van der Waals surface area contributed by atoms with Gasteiger partial charge in [0.2, 0.25) is 5.91 Å². The van der Waals surface area contributed by atoms with Crippen molar-refractivity contribution in [3.05, 3.63) is 58.1 Å². The lowest BCUT2D eigenvalue weighted by Gasteiger charge is -2.21. The summed E-state index contributed by atoms with van der Waals surface area (Å²) in [6.07, 6.45) is -1.77. The lowest BCUT2D eigenvalue weighted by atomic mass is 10.2. The molecule has 1 amide bonds. The number of thiazole rings is 1. The van der Waals surface area contributed by atoms with E-state index >= 15 is 0 Å². The Kier molecular flexibility index (Phi) is 5.61. The molecular weight excluding hydrogens is 357 g/mol. The molecule has 0 saturated carbocycles. The van der Waals surface area contributed by atoms with Crippen LogP contribution in [0.2, 0.25) is 0 Å². The molecule has 0 bridgehead atoms. The van der Waals surface area contributed by atoms with Crippen LogP contribution < -0.4 is 0 Å². The van der Waals surface area contributed by atoms with Gasteiger partial charge in [-0.1, -0.05) is 30.3 Å². The number of carbonyl (C=O) groups is 1. The average Bonchev–Trinajstić information content (AvgIpc) is 3.02. The molecule has 2 N–H and O–H groups in total. The Labute approximate surface area is 145 Å². The highest BCUT2D eigenvalue weighted by Gasteiger charge is 2.56. The van der Waals surface area contributed by atoms with E-state index in [1.54, 1.807) is 7.05 Å². The van der Waals surface area contributed by atoms with Crippen LogP contribution in [0, 0.1) is 0 Å². The van der Waals surface area contributed by atoms with Crippen molar-refractivity contribution in [3.8, 4) is 0 Å². The van der Waals surface area contributed by atoms with E-state index in [9.17, 15) is 18.0 Å². The van der Waals surface area contributed by atoms with Crippen LogP contribution in [0.5, 0.6) is 0 Å². The van der Waals surface area contributed by atoms with Crippen LogP contribution in [-0.4, -0.2) is 39.2 Å². The van der Waals surface area contributed by atoms with Crippen molar-refractivity contribution in [2.24, 2.45) is 0 Å². The summed E-state index contributed by atoms with van der Waals surface area (Å²) >= 11 is 0.436. The van der Waals surface area contributed by atoms with E-state index in [0.717, 1.165) is 11.8 Å². The normalized spacial score (nSPS) is 12.6. The van der Waals surface area contributed by atoms with Crippen LogP contribution in [0.15, 0.2) is 42.6 Å². The van der Waals surface area contributed by atoms with Gasteiger partial charge in [-0.3, -0.25) is 4.79 Å². The first-order valence-electron chi connectivity index (χ1n) is 7.06. The Morgan fingerprint density at radius 3 is 2.52 bits per heavy atom. The Morgan fingerprint density at radius 2 is 1.92 bits per heavy atom. The number of nitrogens with zero attached hydrogens (tertiary/aromatic N) is 2. The van der Waals surface area contributed by atoms with E-state index in [4.69, 9.17) is 10.2 Å². The van der Waals surface area contributed by atoms with Crippen molar-refractivity contribution >= 4 is 23.3 Å². The fraction of sp³-hybridized carbons (Fsp3) is 0.250. The molecule has 1 aromatic heterocycles. The fourth-order valence-electron chi connectivity index (χ4n) is 1.86. The molecule has 0 unspecified atom stereocenters. The molecule has 0 atom stereocenters. The van der Waals surface area contributed by atoms with Crippen LogP contribution in [0.3, 0.4) is 0 Å². The topological polar surface area (TPSA) is 73.7 Å². The van der Waals surface area contributed by atoms with Crippen molar-refractivity contribution in [1.29, 1.82) is 0 Å². The maximum atomic E-state index is 12.5. The quantitative estimate of drug-likeness (QED) is 0.625. The van der Waals surface area contributed by atoms with Gasteiger partial charge >= 0.3 is 12.0 Å². The number of hydrogen-bond donors (Lipinski definition) is 2. The van der Waals surface area contributed by atoms with E-state index in [2.05, 4.69) is 4.98 Å². The van der Waals surface area contributed by atoms with E-state index in [0.29, 0.717) is 17.9 Å². The summed E-state index contributed by atoms with van der Waals surface area (Å²) in [4.78, 5) is 17.0. The van der Waals surface area contributed by atoms with E-state index in [1.807, 2.05) is 30.3 Å². The predicted octanol–water partition coefficient (Wildman–Crippen LogP) is 2.51. The second-order valence-electron chi connectivity index (χ2n) is 5.25. The molecule has 1 heterocycles. The van der Waals surface area contributed by atoms with Gasteiger partial charge < -0.3 is 15.1 Å². The third kappa shape index (κ3) is 4.65. The molecule has 1 aromatic carbocycles. The minimum Gasteiger partial charge on any atom is -0.353 e. The van der Waals surface area contributed by atoms with Crippen molar-refractivity contribution in [1.82, 2.24) is 9.88 Å². The summed E-state index contributed by atoms with van der Waals surface area (Å²) in [5.41, 5.74) is 0.933. The number of carbonyl (C=O) groups excluding carboxylic acids is 1. The van der Waals surface area contributed by atoms with Gasteiger partial charge in [0.25, 0.3) is 0 Å². The number of halogens is 3.